The first-order valence-corrected chi connectivity index (χ1v) is 6.48. The number of carbonyl (C=O) groups is 1. The lowest BCUT2D eigenvalue weighted by molar-refractivity contribution is -0.114. The first-order valence-electron chi connectivity index (χ1n) is 6.48. The van der Waals surface area contributed by atoms with Gasteiger partial charge in [-0.3, -0.25) is 4.79 Å². The van der Waals surface area contributed by atoms with Crippen molar-refractivity contribution in [2.75, 3.05) is 5.32 Å². The minimum atomic E-state index is -1.53. The standard InChI is InChI=1S/C16H17NO4/c1-10-8-13(17-11(2)18)6-7-15(10)21-14-5-3-4-12(9-14)16(19)20/h3-9,16,19-20H,1-2H3,(H,17,18). The van der Waals surface area contributed by atoms with Gasteiger partial charge in [0.1, 0.15) is 11.5 Å². The van der Waals surface area contributed by atoms with Crippen molar-refractivity contribution in [3.8, 4) is 11.5 Å². The molecule has 0 aliphatic heterocycles. The number of aliphatic hydroxyl groups is 2. The van der Waals surface area contributed by atoms with Gasteiger partial charge in [-0.05, 0) is 42.8 Å². The number of rotatable bonds is 4. The summed E-state index contributed by atoms with van der Waals surface area (Å²) in [4.78, 5) is 11.0. The van der Waals surface area contributed by atoms with Crippen LogP contribution in [-0.4, -0.2) is 16.1 Å². The Bertz CT molecular complexity index is 652. The van der Waals surface area contributed by atoms with Crippen LogP contribution in [0.25, 0.3) is 0 Å². The van der Waals surface area contributed by atoms with Gasteiger partial charge in [0.25, 0.3) is 0 Å². The van der Waals surface area contributed by atoms with Crippen LogP contribution in [0.2, 0.25) is 0 Å². The minimum Gasteiger partial charge on any atom is -0.457 e. The minimum absolute atomic E-state index is 0.132. The van der Waals surface area contributed by atoms with Crippen LogP contribution in [0.4, 0.5) is 5.69 Å². The van der Waals surface area contributed by atoms with Gasteiger partial charge in [0.15, 0.2) is 6.29 Å². The Morgan fingerprint density at radius 2 is 1.95 bits per heavy atom. The molecule has 0 spiro atoms. The van der Waals surface area contributed by atoms with Crippen molar-refractivity contribution < 1.29 is 19.7 Å². The summed E-state index contributed by atoms with van der Waals surface area (Å²) in [6.07, 6.45) is -1.53. The zero-order valence-corrected chi connectivity index (χ0v) is 11.8. The van der Waals surface area contributed by atoms with Gasteiger partial charge in [0, 0.05) is 18.2 Å². The van der Waals surface area contributed by atoms with Crippen LogP contribution in [-0.2, 0) is 4.79 Å². The Morgan fingerprint density at radius 1 is 1.19 bits per heavy atom. The van der Waals surface area contributed by atoms with E-state index < -0.39 is 6.29 Å². The highest BCUT2D eigenvalue weighted by Gasteiger charge is 2.07. The predicted octanol–water partition coefficient (Wildman–Crippen LogP) is 2.73. The molecule has 0 atom stereocenters. The summed E-state index contributed by atoms with van der Waals surface area (Å²) in [7, 11) is 0. The Labute approximate surface area is 122 Å². The maximum absolute atomic E-state index is 11.0. The van der Waals surface area contributed by atoms with E-state index in [4.69, 9.17) is 14.9 Å². The summed E-state index contributed by atoms with van der Waals surface area (Å²) < 4.78 is 5.73. The SMILES string of the molecule is CC(=O)Nc1ccc(Oc2cccc(C(O)O)c2)c(C)c1. The lowest BCUT2D eigenvalue weighted by Gasteiger charge is -2.12. The largest absolute Gasteiger partial charge is 0.457 e. The van der Waals surface area contributed by atoms with Gasteiger partial charge in [0.2, 0.25) is 5.91 Å². The van der Waals surface area contributed by atoms with Crippen molar-refractivity contribution >= 4 is 11.6 Å². The van der Waals surface area contributed by atoms with E-state index in [-0.39, 0.29) is 5.91 Å². The molecule has 110 valence electrons. The number of benzene rings is 2. The fourth-order valence-corrected chi connectivity index (χ4v) is 1.91. The van der Waals surface area contributed by atoms with Gasteiger partial charge < -0.3 is 20.3 Å². The molecule has 5 nitrogen and oxygen atoms in total. The van der Waals surface area contributed by atoms with Crippen LogP contribution >= 0.6 is 0 Å². The van der Waals surface area contributed by atoms with Crippen molar-refractivity contribution in [2.24, 2.45) is 0 Å². The van der Waals surface area contributed by atoms with Crippen LogP contribution < -0.4 is 10.1 Å². The van der Waals surface area contributed by atoms with Crippen LogP contribution in [0.1, 0.15) is 24.3 Å². The third kappa shape index (κ3) is 4.05. The van der Waals surface area contributed by atoms with E-state index in [1.54, 1.807) is 36.4 Å². The van der Waals surface area contributed by atoms with Crippen molar-refractivity contribution in [3.63, 3.8) is 0 Å². The molecule has 0 fully saturated rings. The van der Waals surface area contributed by atoms with Crippen LogP contribution in [0, 0.1) is 6.92 Å². The second-order valence-electron chi connectivity index (χ2n) is 4.71. The quantitative estimate of drug-likeness (QED) is 0.755. The molecule has 0 aliphatic carbocycles. The number of hydrogen-bond donors (Lipinski definition) is 3. The van der Waals surface area contributed by atoms with E-state index in [0.29, 0.717) is 22.7 Å². The number of anilines is 1. The van der Waals surface area contributed by atoms with Gasteiger partial charge >= 0.3 is 0 Å². The number of ether oxygens (including phenoxy) is 1. The lowest BCUT2D eigenvalue weighted by atomic mass is 10.2. The summed E-state index contributed by atoms with van der Waals surface area (Å²) in [5.41, 5.74) is 1.92. The molecule has 0 unspecified atom stereocenters. The highest BCUT2D eigenvalue weighted by Crippen LogP contribution is 2.28. The van der Waals surface area contributed by atoms with E-state index in [2.05, 4.69) is 5.32 Å². The molecule has 0 aromatic heterocycles. The molecule has 2 rings (SSSR count). The summed E-state index contributed by atoms with van der Waals surface area (Å²) in [6, 6.07) is 11.9. The molecule has 0 aliphatic rings. The predicted molar refractivity (Wildman–Crippen MR) is 79.2 cm³/mol. The maximum Gasteiger partial charge on any atom is 0.221 e. The molecule has 1 amide bonds. The summed E-state index contributed by atoms with van der Waals surface area (Å²) in [5, 5.41) is 21.0. The number of aliphatic hydroxyl groups excluding tert-OH is 1. The molecule has 21 heavy (non-hydrogen) atoms. The molecular weight excluding hydrogens is 270 g/mol. The lowest BCUT2D eigenvalue weighted by Crippen LogP contribution is -2.05. The fraction of sp³-hybridized carbons (Fsp3) is 0.188. The monoisotopic (exact) mass is 287 g/mol. The van der Waals surface area contributed by atoms with Gasteiger partial charge in [-0.1, -0.05) is 12.1 Å². The average Bonchev–Trinajstić information content (AvgIpc) is 2.41. The summed E-state index contributed by atoms with van der Waals surface area (Å²) >= 11 is 0. The van der Waals surface area contributed by atoms with Crippen LogP contribution in [0.15, 0.2) is 42.5 Å². The van der Waals surface area contributed by atoms with Crippen molar-refractivity contribution in [1.82, 2.24) is 0 Å². The first-order chi connectivity index (χ1) is 9.95. The second kappa shape index (κ2) is 6.39. The molecule has 2 aromatic carbocycles. The molecule has 0 radical (unpaired) electrons. The highest BCUT2D eigenvalue weighted by molar-refractivity contribution is 5.88. The third-order valence-electron chi connectivity index (χ3n) is 2.88. The Kier molecular flexibility index (Phi) is 4.57. The molecule has 0 bridgehead atoms. The van der Waals surface area contributed by atoms with E-state index >= 15 is 0 Å². The zero-order valence-electron chi connectivity index (χ0n) is 11.8. The number of nitrogens with one attached hydrogen (secondary N) is 1. The van der Waals surface area contributed by atoms with Gasteiger partial charge in [-0.25, -0.2) is 0 Å². The molecule has 0 saturated heterocycles. The molecular formula is C16H17NO4. The molecule has 3 N–H and O–H groups in total. The normalized spacial score (nSPS) is 10.5. The number of amides is 1. The smallest absolute Gasteiger partial charge is 0.221 e. The number of carbonyl (C=O) groups excluding carboxylic acids is 1. The zero-order chi connectivity index (χ0) is 15.4. The Balaban J connectivity index is 2.20. The summed E-state index contributed by atoms with van der Waals surface area (Å²) in [6.45, 7) is 3.32. The third-order valence-corrected chi connectivity index (χ3v) is 2.88. The number of hydrogen-bond acceptors (Lipinski definition) is 4. The average molecular weight is 287 g/mol. The molecule has 0 heterocycles. The number of aryl methyl sites for hydroxylation is 1. The Morgan fingerprint density at radius 3 is 2.57 bits per heavy atom. The van der Waals surface area contributed by atoms with E-state index in [1.165, 1.54) is 6.92 Å². The van der Waals surface area contributed by atoms with Gasteiger partial charge in [-0.2, -0.15) is 0 Å². The van der Waals surface area contributed by atoms with E-state index in [1.807, 2.05) is 13.0 Å². The maximum atomic E-state index is 11.0. The summed E-state index contributed by atoms with van der Waals surface area (Å²) in [5.74, 6) is 1.01. The Hall–Kier alpha value is -2.37. The van der Waals surface area contributed by atoms with E-state index in [9.17, 15) is 4.79 Å². The van der Waals surface area contributed by atoms with Crippen LogP contribution in [0.3, 0.4) is 0 Å². The first kappa shape index (κ1) is 15.0. The topological polar surface area (TPSA) is 78.8 Å². The van der Waals surface area contributed by atoms with Gasteiger partial charge in [0.05, 0.1) is 0 Å². The van der Waals surface area contributed by atoms with Crippen molar-refractivity contribution in [1.29, 1.82) is 0 Å². The van der Waals surface area contributed by atoms with Crippen molar-refractivity contribution in [3.05, 3.63) is 53.6 Å². The highest BCUT2D eigenvalue weighted by atomic mass is 16.5. The van der Waals surface area contributed by atoms with Crippen molar-refractivity contribution in [2.45, 2.75) is 20.1 Å². The van der Waals surface area contributed by atoms with E-state index in [0.717, 1.165) is 5.56 Å². The second-order valence-corrected chi connectivity index (χ2v) is 4.71. The molecule has 0 saturated carbocycles. The molecule has 2 aromatic rings. The van der Waals surface area contributed by atoms with Gasteiger partial charge in [-0.15, -0.1) is 0 Å². The fourth-order valence-electron chi connectivity index (χ4n) is 1.91. The molecule has 5 heteroatoms. The van der Waals surface area contributed by atoms with Crippen LogP contribution in [0.5, 0.6) is 11.5 Å².